The topological polar surface area (TPSA) is 25.9 Å². The zero-order valence-corrected chi connectivity index (χ0v) is 102. The van der Waals surface area contributed by atoms with Gasteiger partial charge in [-0.15, -0.1) is 0 Å². The fourth-order valence-corrected chi connectivity index (χ4v) is 26.8. The van der Waals surface area contributed by atoms with Gasteiger partial charge in [-0.2, -0.15) is 0 Å². The van der Waals surface area contributed by atoms with Gasteiger partial charge < -0.3 is 0 Å². The van der Waals surface area contributed by atoms with Crippen LogP contribution in [0.15, 0.2) is 237 Å². The molecule has 0 spiro atoms. The Morgan fingerprint density at radius 1 is 0.269 bits per heavy atom. The van der Waals surface area contributed by atoms with E-state index in [0.29, 0.717) is 41.0 Å². The van der Waals surface area contributed by atoms with E-state index in [9.17, 15) is 0 Å². The lowest BCUT2D eigenvalue weighted by molar-refractivity contribution is -0.0189. The molecule has 0 aromatic heterocycles. The summed E-state index contributed by atoms with van der Waals surface area (Å²) >= 11 is 0. The highest BCUT2D eigenvalue weighted by Gasteiger charge is 2.54. The Morgan fingerprint density at radius 3 is 0.800 bits per heavy atom. The Kier molecular flexibility index (Phi) is 47.2. The van der Waals surface area contributed by atoms with Crippen LogP contribution in [0, 0.1) is 40.9 Å². The van der Waals surface area contributed by atoms with Crippen LogP contribution in [0.25, 0.3) is 0 Å². The molecule has 810 valence electrons. The smallest absolute Gasteiger partial charge is 0.0697 e. The lowest BCUT2D eigenvalue weighted by Crippen LogP contribution is -2.57. The van der Waals surface area contributed by atoms with E-state index >= 15 is 0 Å². The average molecular weight is 1980 g/mol. The molecule has 6 aliphatic rings. The van der Waals surface area contributed by atoms with Crippen LogP contribution in [-0.4, -0.2) is 144 Å². The lowest BCUT2D eigenvalue weighted by atomic mass is 9.74. The first-order valence-corrected chi connectivity index (χ1v) is 57.9. The molecule has 0 radical (unpaired) electrons. The molecular formula is C137H222N8. The van der Waals surface area contributed by atoms with Crippen molar-refractivity contribution in [3.63, 3.8) is 0 Å². The molecule has 14 rings (SSSR count). The molecule has 8 aromatic rings. The number of hydrogen-bond acceptors (Lipinski definition) is 8. The summed E-state index contributed by atoms with van der Waals surface area (Å²) < 4.78 is 0. The minimum atomic E-state index is -0.150. The zero-order valence-electron chi connectivity index (χ0n) is 102. The summed E-state index contributed by atoms with van der Waals surface area (Å²) in [5.74, 6) is 4.73. The highest BCUT2D eigenvalue weighted by atomic mass is 15.3. The highest BCUT2D eigenvalue weighted by molar-refractivity contribution is 5.55. The molecule has 8 heteroatoms. The molecule has 9 unspecified atom stereocenters. The molecule has 0 N–H and O–H groups in total. The van der Waals surface area contributed by atoms with Crippen molar-refractivity contribution < 1.29 is 0 Å². The Balaban J connectivity index is 0.000000227. The molecule has 2 aliphatic heterocycles. The van der Waals surface area contributed by atoms with Crippen LogP contribution < -0.4 is 0 Å². The Hall–Kier alpha value is -6.56. The molecule has 8 aromatic carbocycles. The fourth-order valence-electron chi connectivity index (χ4n) is 26.8. The van der Waals surface area contributed by atoms with Gasteiger partial charge in [0.25, 0.3) is 0 Å². The number of fused-ring (bicyclic) bond motifs is 1. The van der Waals surface area contributed by atoms with Crippen molar-refractivity contribution in [2.24, 2.45) is 40.9 Å². The van der Waals surface area contributed by atoms with Crippen LogP contribution >= 0.6 is 0 Å². The van der Waals surface area contributed by atoms with E-state index in [4.69, 9.17) is 0 Å². The van der Waals surface area contributed by atoms with E-state index in [1.165, 1.54) is 191 Å². The maximum absolute atomic E-state index is 2.86. The highest BCUT2D eigenvalue weighted by Crippen LogP contribution is 2.56. The van der Waals surface area contributed by atoms with E-state index < -0.39 is 0 Å². The molecule has 8 nitrogen and oxygen atoms in total. The summed E-state index contributed by atoms with van der Waals surface area (Å²) in [6.07, 6.45) is 31.2. The molecule has 4 saturated carbocycles. The van der Waals surface area contributed by atoms with Gasteiger partial charge in [0.05, 0.1) is 11.1 Å². The second kappa shape index (κ2) is 54.6. The van der Waals surface area contributed by atoms with Crippen LogP contribution in [0.1, 0.15) is 459 Å². The second-order valence-electron chi connectivity index (χ2n) is 55.0. The fraction of sp³-hybridized carbons (Fsp3) is 0.650. The first kappa shape index (κ1) is 125. The number of hydrogen-bond donors (Lipinski definition) is 0. The molecule has 0 amide bonds. The largest absolute Gasteiger partial charge is 0.299 e. The van der Waals surface area contributed by atoms with Crippen molar-refractivity contribution in [1.29, 1.82) is 0 Å². The summed E-state index contributed by atoms with van der Waals surface area (Å²) in [5.41, 5.74) is 14.5. The Labute approximate surface area is 896 Å². The quantitative estimate of drug-likeness (QED) is 0.0745. The minimum Gasteiger partial charge on any atom is -0.299 e. The lowest BCUT2D eigenvalue weighted by Gasteiger charge is -2.51. The van der Waals surface area contributed by atoms with Gasteiger partial charge in [0, 0.05) is 92.1 Å². The second-order valence-corrected chi connectivity index (χ2v) is 55.0. The van der Waals surface area contributed by atoms with Gasteiger partial charge in [0.2, 0.25) is 0 Å². The summed E-state index contributed by atoms with van der Waals surface area (Å²) in [6.45, 7) is 83.9. The third-order valence-corrected chi connectivity index (χ3v) is 34.8. The van der Waals surface area contributed by atoms with Crippen LogP contribution in [-0.2, 0) is 22.2 Å². The van der Waals surface area contributed by atoms with Gasteiger partial charge in [-0.3, -0.25) is 39.2 Å². The third kappa shape index (κ3) is 34.2. The van der Waals surface area contributed by atoms with Gasteiger partial charge in [-0.1, -0.05) is 390 Å². The van der Waals surface area contributed by atoms with E-state index in [1.54, 1.807) is 0 Å². The van der Waals surface area contributed by atoms with E-state index in [1.807, 2.05) is 0 Å². The first-order valence-electron chi connectivity index (χ1n) is 57.9. The van der Waals surface area contributed by atoms with E-state index in [2.05, 4.69) is 567 Å². The summed E-state index contributed by atoms with van der Waals surface area (Å²) in [6, 6.07) is 89.7. The van der Waals surface area contributed by atoms with Crippen molar-refractivity contribution in [2.75, 3.05) is 42.3 Å². The van der Waals surface area contributed by atoms with Crippen molar-refractivity contribution in [2.45, 2.75) is 494 Å². The molecule has 9 atom stereocenters. The SMILES string of the molecule is CC(C)(C)N(C1CCCCC1)C(C)(C)C.CC(C)C(C1CCCCC1)N(C)C(C(C)C)C1CCCCC1.CC(C)C(c1ccccc1)N(C)C(C)(C)C.CC(C)C(c1ccccc1)N(C1CCCCC1)C(C)(C)C.CN(C(C)(C)C)C(C)(C)C.CN(C(c1ccccc1)C(C)(C)C)C(C)(C)C.CN1C(C)(c2ccccc2)CCC1(C)c1ccccc1.CN1C(C)(c2ccccc2)c2ccccc2C1(C)c1ccccc1. The predicted molar refractivity (Wildman–Crippen MR) is 638 cm³/mol. The Morgan fingerprint density at radius 2 is 0.538 bits per heavy atom. The van der Waals surface area contributed by atoms with Gasteiger partial charge in [-0.25, -0.2) is 0 Å². The molecule has 145 heavy (non-hydrogen) atoms. The standard InChI is InChI=1S/C23H23N.C21H41N.C20H33N.C19H23N.C16H27N.C15H25N.C14H29N.C9H21N/c1-22(18-12-6-4-7-13-18)20-16-10-11-17-21(20)23(2,24(22)3)19-14-8-5-9-15-19;1-16(2)20(18-12-8-6-9-13-18)22(5)21(17(3)4)19-14-10-7-11-15-19;1-16(2)19(17-12-8-6-9-13-17)21(20(3,4)5)18-14-10-7-11-15-18;1-18(16-10-6-4-7-11-16)14-15-19(2,20(18)3)17-12-8-5-9-13-17;1-15(2,3)14(17(7)16(4,5)6)13-11-9-8-10-12-13;1-12(2)14(16(6)15(3,4)5)13-10-8-7-9-11-13;1-13(2,3)15(14(4,5)6)12-10-8-7-9-11-12;1-8(2,3)10(7)9(4,5)6/h4-17H,1-3H3;16-21H,6-15H2,1-5H3;6,8-9,12-13,16,18-19H,7,10-11,14-15H2,1-5H3;4-13H,14-15H2,1-3H3;8-12,14H,1-7H3;7-12,14H,1-6H3;12H,7-11H2,1-6H3;1-7H3. The Bertz CT molecular complexity index is 4670. The summed E-state index contributed by atoms with van der Waals surface area (Å²) in [5, 5.41) is 0. The third-order valence-electron chi connectivity index (χ3n) is 34.8. The van der Waals surface area contributed by atoms with Crippen LogP contribution in [0.5, 0.6) is 0 Å². The number of benzene rings is 8. The van der Waals surface area contributed by atoms with Crippen LogP contribution in [0.2, 0.25) is 0 Å². The van der Waals surface area contributed by atoms with Crippen LogP contribution in [0.3, 0.4) is 0 Å². The molecular weight excluding hydrogens is 1760 g/mol. The normalized spacial score (nSPS) is 21.7. The molecule has 4 aliphatic carbocycles. The summed E-state index contributed by atoms with van der Waals surface area (Å²) in [7, 11) is 13.6. The van der Waals surface area contributed by atoms with Gasteiger partial charge in [-0.05, 0) is 371 Å². The van der Waals surface area contributed by atoms with Crippen molar-refractivity contribution in [3.05, 3.63) is 287 Å². The van der Waals surface area contributed by atoms with Crippen LogP contribution in [0.4, 0.5) is 0 Å². The van der Waals surface area contributed by atoms with E-state index in [-0.39, 0.29) is 55.3 Å². The van der Waals surface area contributed by atoms with Crippen molar-refractivity contribution >= 4 is 0 Å². The van der Waals surface area contributed by atoms with Crippen molar-refractivity contribution in [3.8, 4) is 0 Å². The first-order chi connectivity index (χ1) is 67.5. The number of rotatable bonds is 20. The monoisotopic (exact) mass is 1980 g/mol. The molecule has 2 heterocycles. The van der Waals surface area contributed by atoms with Gasteiger partial charge in [0.15, 0.2) is 0 Å². The van der Waals surface area contributed by atoms with Crippen molar-refractivity contribution in [1.82, 2.24) is 39.2 Å². The van der Waals surface area contributed by atoms with E-state index in [0.717, 1.165) is 47.8 Å². The number of nitrogens with zero attached hydrogens (tertiary/aromatic N) is 8. The molecule has 5 fully saturated rings. The average Bonchev–Trinajstić information content (AvgIpc) is 1.54. The summed E-state index contributed by atoms with van der Waals surface area (Å²) in [4.78, 5) is 20.8. The molecule has 1 saturated heterocycles. The number of likely N-dealkylation sites (tertiary alicyclic amines) is 1. The zero-order chi connectivity index (χ0) is 108. The predicted octanol–water partition coefficient (Wildman–Crippen LogP) is 37.0. The molecule has 0 bridgehead atoms. The van der Waals surface area contributed by atoms with Gasteiger partial charge >= 0.3 is 0 Å². The van der Waals surface area contributed by atoms with Gasteiger partial charge in [0.1, 0.15) is 0 Å². The maximum atomic E-state index is 2.86. The maximum Gasteiger partial charge on any atom is 0.0697 e. The minimum absolute atomic E-state index is 0.117.